The Kier molecular flexibility index (Phi) is 3.38. The van der Waals surface area contributed by atoms with Crippen LogP contribution in [0.2, 0.25) is 0 Å². The van der Waals surface area contributed by atoms with Gasteiger partial charge in [0, 0.05) is 26.0 Å². The topological polar surface area (TPSA) is 30.3 Å². The van der Waals surface area contributed by atoms with Crippen LogP contribution in [0.25, 0.3) is 0 Å². The van der Waals surface area contributed by atoms with Crippen molar-refractivity contribution in [2.24, 2.45) is 0 Å². The van der Waals surface area contributed by atoms with Crippen molar-refractivity contribution in [1.29, 1.82) is 0 Å². The predicted molar refractivity (Wildman–Crippen MR) is 58.7 cm³/mol. The third-order valence-electron chi connectivity index (χ3n) is 3.10. The van der Waals surface area contributed by atoms with E-state index in [4.69, 9.17) is 4.74 Å². The van der Waals surface area contributed by atoms with Crippen molar-refractivity contribution in [2.45, 2.75) is 25.4 Å². The average Bonchev–Trinajstić information content (AvgIpc) is 2.82. The quantitative estimate of drug-likeness (QED) is 0.748. The highest BCUT2D eigenvalue weighted by atomic mass is 16.5. The number of rotatable bonds is 4. The van der Waals surface area contributed by atoms with Crippen molar-refractivity contribution in [3.63, 3.8) is 0 Å². The summed E-state index contributed by atoms with van der Waals surface area (Å²) in [7, 11) is 3.91. The maximum atomic E-state index is 5.10. The minimum atomic E-state index is 0.497. The van der Waals surface area contributed by atoms with Crippen LogP contribution in [-0.4, -0.2) is 41.8 Å². The molecule has 0 radical (unpaired) electrons. The van der Waals surface area contributed by atoms with Gasteiger partial charge in [0.05, 0.1) is 12.6 Å². The van der Waals surface area contributed by atoms with E-state index in [0.717, 1.165) is 13.2 Å². The van der Waals surface area contributed by atoms with Gasteiger partial charge in [0.1, 0.15) is 5.82 Å². The molecular weight excluding hydrogens is 190 g/mol. The Hall–Kier alpha value is -0.870. The number of likely N-dealkylation sites (tertiary alicyclic amines) is 1. The van der Waals surface area contributed by atoms with Crippen LogP contribution in [0.5, 0.6) is 0 Å². The van der Waals surface area contributed by atoms with Crippen LogP contribution in [0.3, 0.4) is 0 Å². The Morgan fingerprint density at radius 1 is 1.60 bits per heavy atom. The summed E-state index contributed by atoms with van der Waals surface area (Å²) in [6.07, 6.45) is 6.43. The first-order valence-electron chi connectivity index (χ1n) is 5.53. The summed E-state index contributed by atoms with van der Waals surface area (Å²) in [5.74, 6) is 1.19. The van der Waals surface area contributed by atoms with Crippen molar-refractivity contribution < 1.29 is 4.74 Å². The van der Waals surface area contributed by atoms with Crippen molar-refractivity contribution in [3.8, 4) is 0 Å². The number of aromatic nitrogens is 2. The first-order valence-corrected chi connectivity index (χ1v) is 5.53. The van der Waals surface area contributed by atoms with E-state index in [1.165, 1.54) is 25.2 Å². The molecule has 84 valence electrons. The Bertz CT molecular complexity index is 311. The molecule has 0 aliphatic carbocycles. The van der Waals surface area contributed by atoms with Crippen LogP contribution in [0.15, 0.2) is 12.4 Å². The number of hydrogen-bond acceptors (Lipinski definition) is 3. The number of nitrogens with zero attached hydrogens (tertiary/aromatic N) is 3. The minimum absolute atomic E-state index is 0.497. The molecule has 0 unspecified atom stereocenters. The van der Waals surface area contributed by atoms with E-state index in [-0.39, 0.29) is 0 Å². The fraction of sp³-hybridized carbons (Fsp3) is 0.727. The first kappa shape index (κ1) is 10.6. The lowest BCUT2D eigenvalue weighted by Crippen LogP contribution is -2.21. The van der Waals surface area contributed by atoms with E-state index in [2.05, 4.69) is 21.5 Å². The molecule has 2 heterocycles. The normalized spacial score (nSPS) is 22.4. The minimum Gasteiger partial charge on any atom is -0.383 e. The fourth-order valence-corrected chi connectivity index (χ4v) is 2.23. The van der Waals surface area contributed by atoms with E-state index in [1.807, 2.05) is 12.4 Å². The average molecular weight is 209 g/mol. The highest BCUT2D eigenvalue weighted by Crippen LogP contribution is 2.28. The van der Waals surface area contributed by atoms with Gasteiger partial charge in [-0.25, -0.2) is 4.98 Å². The number of methoxy groups -OCH3 is 1. The largest absolute Gasteiger partial charge is 0.383 e. The van der Waals surface area contributed by atoms with Gasteiger partial charge in [-0.15, -0.1) is 0 Å². The molecule has 0 spiro atoms. The van der Waals surface area contributed by atoms with Gasteiger partial charge in [0.2, 0.25) is 0 Å². The van der Waals surface area contributed by atoms with Crippen molar-refractivity contribution in [1.82, 2.24) is 14.5 Å². The molecule has 1 fully saturated rings. The highest BCUT2D eigenvalue weighted by molar-refractivity contribution is 5.02. The second-order valence-corrected chi connectivity index (χ2v) is 4.11. The lowest BCUT2D eigenvalue weighted by atomic mass is 10.2. The van der Waals surface area contributed by atoms with Crippen LogP contribution in [0, 0.1) is 0 Å². The van der Waals surface area contributed by atoms with Gasteiger partial charge in [0.15, 0.2) is 0 Å². The Morgan fingerprint density at radius 3 is 3.13 bits per heavy atom. The number of ether oxygens (including phenoxy) is 1. The smallest absolute Gasteiger partial charge is 0.126 e. The summed E-state index contributed by atoms with van der Waals surface area (Å²) in [6, 6.07) is 0.497. The molecule has 2 rings (SSSR count). The van der Waals surface area contributed by atoms with Crippen LogP contribution >= 0.6 is 0 Å². The van der Waals surface area contributed by atoms with Crippen LogP contribution in [0.1, 0.15) is 24.7 Å². The summed E-state index contributed by atoms with van der Waals surface area (Å²) in [5.41, 5.74) is 0. The van der Waals surface area contributed by atoms with Gasteiger partial charge < -0.3 is 9.30 Å². The zero-order valence-corrected chi connectivity index (χ0v) is 9.52. The molecule has 1 aromatic rings. The van der Waals surface area contributed by atoms with E-state index in [1.54, 1.807) is 7.11 Å². The second-order valence-electron chi connectivity index (χ2n) is 4.11. The van der Waals surface area contributed by atoms with Crippen LogP contribution in [0.4, 0.5) is 0 Å². The zero-order valence-electron chi connectivity index (χ0n) is 9.52. The maximum Gasteiger partial charge on any atom is 0.126 e. The van der Waals surface area contributed by atoms with E-state index in [0.29, 0.717) is 6.04 Å². The summed E-state index contributed by atoms with van der Waals surface area (Å²) < 4.78 is 7.30. The number of hydrogen-bond donors (Lipinski definition) is 0. The van der Waals surface area contributed by atoms with Gasteiger partial charge in [-0.1, -0.05) is 0 Å². The zero-order chi connectivity index (χ0) is 10.7. The van der Waals surface area contributed by atoms with Gasteiger partial charge >= 0.3 is 0 Å². The molecule has 0 bridgehead atoms. The summed E-state index contributed by atoms with van der Waals surface area (Å²) in [6.45, 7) is 2.83. The lowest BCUT2D eigenvalue weighted by Gasteiger charge is -2.20. The molecule has 4 heteroatoms. The summed E-state index contributed by atoms with van der Waals surface area (Å²) in [5, 5.41) is 0. The van der Waals surface area contributed by atoms with Gasteiger partial charge in [-0.05, 0) is 26.4 Å². The fourth-order valence-electron chi connectivity index (χ4n) is 2.23. The Labute approximate surface area is 90.9 Å². The third kappa shape index (κ3) is 2.21. The Morgan fingerprint density at radius 2 is 2.47 bits per heavy atom. The standard InChI is InChI=1S/C11H19N3O/c1-13-6-3-4-10(13)11-12-5-7-14(11)8-9-15-2/h5,7,10H,3-4,6,8-9H2,1-2H3/t10-/m0/s1. The summed E-state index contributed by atoms with van der Waals surface area (Å²) in [4.78, 5) is 6.85. The van der Waals surface area contributed by atoms with Gasteiger partial charge in [-0.2, -0.15) is 0 Å². The molecule has 1 atom stereocenters. The van der Waals surface area contributed by atoms with Crippen molar-refractivity contribution in [2.75, 3.05) is 27.3 Å². The molecule has 1 aromatic heterocycles. The molecule has 1 saturated heterocycles. The van der Waals surface area contributed by atoms with Crippen LogP contribution < -0.4 is 0 Å². The molecule has 15 heavy (non-hydrogen) atoms. The molecule has 1 aliphatic heterocycles. The molecule has 0 aromatic carbocycles. The molecule has 1 aliphatic rings. The predicted octanol–water partition coefficient (Wildman–Crippen LogP) is 1.30. The van der Waals surface area contributed by atoms with Crippen molar-refractivity contribution >= 4 is 0 Å². The molecular formula is C11H19N3O. The maximum absolute atomic E-state index is 5.10. The van der Waals surface area contributed by atoms with E-state index in [9.17, 15) is 0 Å². The van der Waals surface area contributed by atoms with Crippen LogP contribution in [-0.2, 0) is 11.3 Å². The molecule has 0 amide bonds. The second kappa shape index (κ2) is 4.77. The van der Waals surface area contributed by atoms with E-state index >= 15 is 0 Å². The lowest BCUT2D eigenvalue weighted by molar-refractivity contribution is 0.183. The SMILES string of the molecule is COCCn1ccnc1[C@@H]1CCCN1C. The Balaban J connectivity index is 2.09. The first-order chi connectivity index (χ1) is 7.33. The third-order valence-corrected chi connectivity index (χ3v) is 3.10. The van der Waals surface area contributed by atoms with Crippen molar-refractivity contribution in [3.05, 3.63) is 18.2 Å². The number of imidazole rings is 1. The molecule has 0 N–H and O–H groups in total. The van der Waals surface area contributed by atoms with Gasteiger partial charge in [0.25, 0.3) is 0 Å². The monoisotopic (exact) mass is 209 g/mol. The summed E-state index contributed by atoms with van der Waals surface area (Å²) >= 11 is 0. The molecule has 0 saturated carbocycles. The molecule has 4 nitrogen and oxygen atoms in total. The highest BCUT2D eigenvalue weighted by Gasteiger charge is 2.25. The van der Waals surface area contributed by atoms with Gasteiger partial charge in [-0.3, -0.25) is 4.90 Å². The van der Waals surface area contributed by atoms with E-state index < -0.39 is 0 Å².